The van der Waals surface area contributed by atoms with Crippen molar-refractivity contribution in [1.82, 2.24) is 14.9 Å². The standard InChI is InChI=1S/C13H23N3O/c1-17-13-5-3-12(4-6-13)15-7-2-9-16-10-8-14-11-16/h8,10-13,15H,2-7,9H2,1H3. The maximum Gasteiger partial charge on any atom is 0.0945 e. The molecule has 0 unspecified atom stereocenters. The molecule has 0 radical (unpaired) electrons. The van der Waals surface area contributed by atoms with E-state index in [1.807, 2.05) is 25.8 Å². The summed E-state index contributed by atoms with van der Waals surface area (Å²) in [7, 11) is 1.82. The van der Waals surface area contributed by atoms with Crippen molar-refractivity contribution in [2.45, 2.75) is 50.8 Å². The highest BCUT2D eigenvalue weighted by atomic mass is 16.5. The predicted octanol–water partition coefficient (Wildman–Crippen LogP) is 1.82. The first-order valence-electron chi connectivity index (χ1n) is 6.60. The number of nitrogens with zero attached hydrogens (tertiary/aromatic N) is 2. The van der Waals surface area contributed by atoms with Crippen LogP contribution in [-0.4, -0.2) is 35.4 Å². The second-order valence-electron chi connectivity index (χ2n) is 4.82. The van der Waals surface area contributed by atoms with E-state index < -0.39 is 0 Å². The molecule has 0 amide bonds. The molecule has 1 aromatic heterocycles. The van der Waals surface area contributed by atoms with E-state index in [4.69, 9.17) is 4.74 Å². The smallest absolute Gasteiger partial charge is 0.0945 e. The maximum atomic E-state index is 5.38. The van der Waals surface area contributed by atoms with E-state index in [1.54, 1.807) is 0 Å². The van der Waals surface area contributed by atoms with Crippen molar-refractivity contribution >= 4 is 0 Å². The van der Waals surface area contributed by atoms with Gasteiger partial charge in [-0.15, -0.1) is 0 Å². The van der Waals surface area contributed by atoms with Crippen molar-refractivity contribution in [3.8, 4) is 0 Å². The number of aryl methyl sites for hydroxylation is 1. The van der Waals surface area contributed by atoms with Gasteiger partial charge in [0.05, 0.1) is 12.4 Å². The van der Waals surface area contributed by atoms with Crippen LogP contribution in [0.5, 0.6) is 0 Å². The Morgan fingerprint density at radius 1 is 1.35 bits per heavy atom. The van der Waals surface area contributed by atoms with E-state index in [1.165, 1.54) is 32.1 Å². The number of hydrogen-bond donors (Lipinski definition) is 1. The van der Waals surface area contributed by atoms with Crippen molar-refractivity contribution in [2.24, 2.45) is 0 Å². The van der Waals surface area contributed by atoms with E-state index >= 15 is 0 Å². The summed E-state index contributed by atoms with van der Waals surface area (Å²) in [4.78, 5) is 4.04. The second kappa shape index (κ2) is 6.77. The number of rotatable bonds is 6. The molecule has 0 bridgehead atoms. The zero-order chi connectivity index (χ0) is 11.9. The lowest BCUT2D eigenvalue weighted by atomic mass is 9.93. The van der Waals surface area contributed by atoms with Crippen molar-refractivity contribution in [1.29, 1.82) is 0 Å². The molecular weight excluding hydrogens is 214 g/mol. The first kappa shape index (κ1) is 12.6. The van der Waals surface area contributed by atoms with Gasteiger partial charge >= 0.3 is 0 Å². The van der Waals surface area contributed by atoms with Gasteiger partial charge in [-0.2, -0.15) is 0 Å². The van der Waals surface area contributed by atoms with Crippen LogP contribution in [0.1, 0.15) is 32.1 Å². The van der Waals surface area contributed by atoms with Gasteiger partial charge in [0.2, 0.25) is 0 Å². The van der Waals surface area contributed by atoms with E-state index in [0.29, 0.717) is 12.1 Å². The van der Waals surface area contributed by atoms with Gasteiger partial charge in [0, 0.05) is 32.1 Å². The third kappa shape index (κ3) is 4.13. The van der Waals surface area contributed by atoms with Crippen LogP contribution in [0.25, 0.3) is 0 Å². The summed E-state index contributed by atoms with van der Waals surface area (Å²) in [5, 5.41) is 3.64. The Bertz CT molecular complexity index is 292. The molecule has 1 aliphatic carbocycles. The average molecular weight is 237 g/mol. The minimum absolute atomic E-state index is 0.499. The highest BCUT2D eigenvalue weighted by Crippen LogP contribution is 2.20. The summed E-state index contributed by atoms with van der Waals surface area (Å²) < 4.78 is 7.50. The largest absolute Gasteiger partial charge is 0.381 e. The molecule has 1 N–H and O–H groups in total. The average Bonchev–Trinajstić information content (AvgIpc) is 2.88. The third-order valence-corrected chi connectivity index (χ3v) is 3.59. The molecule has 0 aliphatic heterocycles. The van der Waals surface area contributed by atoms with Crippen molar-refractivity contribution in [3.05, 3.63) is 18.7 Å². The Labute approximate surface area is 103 Å². The molecule has 4 heteroatoms. The summed E-state index contributed by atoms with van der Waals surface area (Å²) in [5.74, 6) is 0. The SMILES string of the molecule is COC1CCC(NCCCn2ccnc2)CC1. The molecular formula is C13H23N3O. The molecule has 2 rings (SSSR count). The highest BCUT2D eigenvalue weighted by molar-refractivity contribution is 4.78. The monoisotopic (exact) mass is 237 g/mol. The minimum atomic E-state index is 0.499. The molecule has 96 valence electrons. The van der Waals surface area contributed by atoms with Crippen LogP contribution >= 0.6 is 0 Å². The summed E-state index contributed by atoms with van der Waals surface area (Å²) in [6.45, 7) is 2.15. The lowest BCUT2D eigenvalue weighted by Crippen LogP contribution is -2.35. The highest BCUT2D eigenvalue weighted by Gasteiger charge is 2.19. The minimum Gasteiger partial charge on any atom is -0.381 e. The molecule has 1 aromatic rings. The first-order valence-corrected chi connectivity index (χ1v) is 6.60. The fourth-order valence-corrected chi connectivity index (χ4v) is 2.49. The quantitative estimate of drug-likeness (QED) is 0.767. The van der Waals surface area contributed by atoms with Crippen molar-refractivity contribution < 1.29 is 4.74 Å². The molecule has 0 spiro atoms. The Balaban J connectivity index is 1.54. The van der Waals surface area contributed by atoms with Crippen molar-refractivity contribution in [3.63, 3.8) is 0 Å². The van der Waals surface area contributed by atoms with E-state index in [2.05, 4.69) is 14.9 Å². The van der Waals surface area contributed by atoms with Gasteiger partial charge in [0.1, 0.15) is 0 Å². The predicted molar refractivity (Wildman–Crippen MR) is 67.9 cm³/mol. The van der Waals surface area contributed by atoms with Gasteiger partial charge in [-0.25, -0.2) is 4.98 Å². The normalized spacial score (nSPS) is 25.0. The maximum absolute atomic E-state index is 5.38. The number of imidazole rings is 1. The van der Waals surface area contributed by atoms with E-state index in [-0.39, 0.29) is 0 Å². The van der Waals surface area contributed by atoms with Crippen LogP contribution in [-0.2, 0) is 11.3 Å². The van der Waals surface area contributed by atoms with Crippen LogP contribution in [0, 0.1) is 0 Å². The fourth-order valence-electron chi connectivity index (χ4n) is 2.49. The molecule has 4 nitrogen and oxygen atoms in total. The Hall–Kier alpha value is -0.870. The Morgan fingerprint density at radius 2 is 2.18 bits per heavy atom. The number of methoxy groups -OCH3 is 1. The molecule has 0 atom stereocenters. The Kier molecular flexibility index (Phi) is 5.01. The van der Waals surface area contributed by atoms with Crippen molar-refractivity contribution in [2.75, 3.05) is 13.7 Å². The van der Waals surface area contributed by atoms with E-state index in [0.717, 1.165) is 13.1 Å². The molecule has 17 heavy (non-hydrogen) atoms. The molecule has 1 aliphatic rings. The van der Waals surface area contributed by atoms with Crippen LogP contribution in [0.15, 0.2) is 18.7 Å². The van der Waals surface area contributed by atoms with E-state index in [9.17, 15) is 0 Å². The molecule has 1 saturated carbocycles. The lowest BCUT2D eigenvalue weighted by molar-refractivity contribution is 0.0625. The summed E-state index contributed by atoms with van der Waals surface area (Å²) >= 11 is 0. The second-order valence-corrected chi connectivity index (χ2v) is 4.82. The topological polar surface area (TPSA) is 39.1 Å². The third-order valence-electron chi connectivity index (χ3n) is 3.59. The van der Waals surface area contributed by atoms with Gasteiger partial charge in [0.15, 0.2) is 0 Å². The summed E-state index contributed by atoms with van der Waals surface area (Å²) in [6.07, 6.45) is 12.3. The number of ether oxygens (including phenoxy) is 1. The summed E-state index contributed by atoms with van der Waals surface area (Å²) in [6, 6.07) is 0.698. The fraction of sp³-hybridized carbons (Fsp3) is 0.769. The van der Waals surface area contributed by atoms with Gasteiger partial charge in [-0.3, -0.25) is 0 Å². The summed E-state index contributed by atoms with van der Waals surface area (Å²) in [5.41, 5.74) is 0. The van der Waals surface area contributed by atoms with Gasteiger partial charge in [-0.1, -0.05) is 0 Å². The van der Waals surface area contributed by atoms with Gasteiger partial charge in [0.25, 0.3) is 0 Å². The van der Waals surface area contributed by atoms with Crippen LogP contribution in [0.3, 0.4) is 0 Å². The number of aromatic nitrogens is 2. The van der Waals surface area contributed by atoms with Crippen LogP contribution in [0.4, 0.5) is 0 Å². The molecule has 0 saturated heterocycles. The van der Waals surface area contributed by atoms with Gasteiger partial charge < -0.3 is 14.6 Å². The lowest BCUT2D eigenvalue weighted by Gasteiger charge is -2.28. The molecule has 1 fully saturated rings. The zero-order valence-corrected chi connectivity index (χ0v) is 10.6. The molecule has 0 aromatic carbocycles. The van der Waals surface area contributed by atoms with Crippen LogP contribution < -0.4 is 5.32 Å². The van der Waals surface area contributed by atoms with Crippen LogP contribution in [0.2, 0.25) is 0 Å². The Morgan fingerprint density at radius 3 is 2.82 bits per heavy atom. The number of hydrogen-bond acceptors (Lipinski definition) is 3. The van der Waals surface area contributed by atoms with Gasteiger partial charge in [-0.05, 0) is 38.6 Å². The first-order chi connectivity index (χ1) is 8.38. The zero-order valence-electron chi connectivity index (χ0n) is 10.6. The number of nitrogens with one attached hydrogen (secondary N) is 1. The molecule has 1 heterocycles.